The summed E-state index contributed by atoms with van der Waals surface area (Å²) in [4.78, 5) is 83.2. The maximum atomic E-state index is 15.4. The van der Waals surface area contributed by atoms with Crippen molar-refractivity contribution in [3.8, 4) is 0 Å². The Labute approximate surface area is 352 Å². The van der Waals surface area contributed by atoms with Gasteiger partial charge in [-0.05, 0) is 56.5 Å². The number of benzene rings is 2. The smallest absolute Gasteiger partial charge is 0.338 e. The lowest BCUT2D eigenvalue weighted by Crippen LogP contribution is -2.82. The molecule has 6 rings (SSSR count). The molecule has 1 saturated heterocycles. The molecule has 0 radical (unpaired) electrons. The van der Waals surface area contributed by atoms with E-state index in [4.69, 9.17) is 27.8 Å². The largest absolute Gasteiger partial charge is 0.456 e. The highest BCUT2D eigenvalue weighted by molar-refractivity contribution is 5.96. The predicted octanol–water partition coefficient (Wildman–Crippen LogP) is 3.39. The number of nitrogens with one attached hydrogen (secondary N) is 1. The van der Waals surface area contributed by atoms with Crippen LogP contribution in [0, 0.1) is 16.7 Å². The molecule has 3 fully saturated rings. The van der Waals surface area contributed by atoms with E-state index in [-0.39, 0.29) is 23.1 Å². The topological polar surface area (TPSA) is 221 Å². The minimum atomic E-state index is -2.76. The summed E-state index contributed by atoms with van der Waals surface area (Å²) in [6.07, 6.45) is -10.6. The molecule has 1 heterocycles. The van der Waals surface area contributed by atoms with E-state index in [9.17, 15) is 39.3 Å². The molecule has 0 aromatic heterocycles. The minimum Gasteiger partial charge on any atom is -0.456 e. The molecule has 2 saturated carbocycles. The number of carbonyl (C=O) groups excluding carboxylic acids is 6. The summed E-state index contributed by atoms with van der Waals surface area (Å²) in [6, 6.07) is 14.8. The second-order valence-electron chi connectivity index (χ2n) is 16.8. The molecule has 11 atom stereocenters. The Morgan fingerprint density at radius 3 is 2.15 bits per heavy atom. The monoisotopic (exact) mass is 834 g/mol. The summed E-state index contributed by atoms with van der Waals surface area (Å²) >= 11 is 0. The number of allylic oxidation sites excluding steroid dienone is 1. The van der Waals surface area contributed by atoms with E-state index in [0.29, 0.717) is 11.6 Å². The van der Waals surface area contributed by atoms with Gasteiger partial charge in [0.2, 0.25) is 0 Å². The van der Waals surface area contributed by atoms with Gasteiger partial charge < -0.3 is 44.3 Å². The molecule has 1 aliphatic heterocycles. The summed E-state index contributed by atoms with van der Waals surface area (Å²) in [7, 11) is 0. The highest BCUT2D eigenvalue weighted by Crippen LogP contribution is 2.64. The third-order valence-electron chi connectivity index (χ3n) is 13.0. The summed E-state index contributed by atoms with van der Waals surface area (Å²) in [5.41, 5.74) is -8.17. The molecular weight excluding hydrogens is 778 g/mol. The van der Waals surface area contributed by atoms with Gasteiger partial charge in [0.1, 0.15) is 23.9 Å². The molecule has 2 bridgehead atoms. The molecular formula is C45H53NO14. The minimum absolute atomic E-state index is 0.0862. The fourth-order valence-electron chi connectivity index (χ4n) is 9.69. The molecule has 15 nitrogen and oxygen atoms in total. The lowest BCUT2D eigenvalue weighted by Gasteiger charge is -2.67. The number of hydrogen-bond acceptors (Lipinski definition) is 14. The summed E-state index contributed by atoms with van der Waals surface area (Å²) in [5.74, 6) is -7.59. The van der Waals surface area contributed by atoms with Gasteiger partial charge in [0.15, 0.2) is 23.6 Å². The molecule has 322 valence electrons. The third-order valence-corrected chi connectivity index (χ3v) is 13.0. The number of hydrogen-bond donors (Lipinski definition) is 4. The second-order valence-corrected chi connectivity index (χ2v) is 16.8. The van der Waals surface area contributed by atoms with Crippen molar-refractivity contribution in [2.45, 2.75) is 122 Å². The van der Waals surface area contributed by atoms with Crippen LogP contribution in [0.4, 0.5) is 0 Å². The van der Waals surface area contributed by atoms with Gasteiger partial charge in [0.05, 0.1) is 30.1 Å². The zero-order valence-electron chi connectivity index (χ0n) is 37.4. The van der Waals surface area contributed by atoms with E-state index in [1.807, 2.05) is 0 Å². The van der Waals surface area contributed by atoms with E-state index in [1.165, 1.54) is 46.8 Å². The summed E-state index contributed by atoms with van der Waals surface area (Å²) in [6.45, 7) is 5.90. The lowest BCUT2D eigenvalue weighted by molar-refractivity contribution is -0.347. The van der Waals surface area contributed by atoms with Crippen LogP contribution in [0.15, 0.2) is 83.5 Å². The Kier molecular flexibility index (Phi) is 10.9. The Hall–Kier alpha value is -5.22. The fraction of sp³-hybridized carbons (Fsp3) is 0.511. The zero-order valence-corrected chi connectivity index (χ0v) is 34.4. The van der Waals surface area contributed by atoms with E-state index in [2.05, 4.69) is 5.32 Å². The summed E-state index contributed by atoms with van der Waals surface area (Å²) < 4.78 is 53.1. The average molecular weight is 835 g/mol. The Bertz CT molecular complexity index is 2230. The van der Waals surface area contributed by atoms with Crippen molar-refractivity contribution in [3.63, 3.8) is 0 Å². The number of Topliss-reactive ketones (excluding diaryl/α,β-unsaturated/α-hetero) is 1. The molecule has 15 heteroatoms. The van der Waals surface area contributed by atoms with Crippen molar-refractivity contribution in [3.05, 3.63) is 94.6 Å². The summed E-state index contributed by atoms with van der Waals surface area (Å²) in [5, 5.41) is 40.1. The highest BCUT2D eigenvalue weighted by Gasteiger charge is 2.78. The van der Waals surface area contributed by atoms with Crippen LogP contribution in [0.2, 0.25) is 0 Å². The number of carbonyl (C=O) groups is 6. The Morgan fingerprint density at radius 1 is 0.950 bits per heavy atom. The number of aliphatic hydroxyl groups excluding tert-OH is 2. The maximum absolute atomic E-state index is 15.4. The average Bonchev–Trinajstić information content (AvgIpc) is 3.20. The van der Waals surface area contributed by atoms with Gasteiger partial charge in [-0.1, -0.05) is 68.5 Å². The first-order chi connectivity index (χ1) is 29.3. The van der Waals surface area contributed by atoms with Gasteiger partial charge in [-0.15, -0.1) is 0 Å². The predicted molar refractivity (Wildman–Crippen MR) is 211 cm³/mol. The van der Waals surface area contributed by atoms with Crippen LogP contribution in [-0.4, -0.2) is 105 Å². The maximum Gasteiger partial charge on any atom is 0.338 e. The standard InChI is InChI=1S/C45H53NO14/c1-9-23(2)40(53)59-38-36-43(8,30(49)20-31-44(36,22-56-31)60-26(5)48)37(51)35(57-25(4)47)32-24(3)29(21-45(38,55)42(32,6)7)58-41(54)34(50)33(27-16-12-10-13-17-27)46-39(52)28-18-14-11-15-19-28/h9-19,29-31,33-36,38,49-50,55H,20-22H2,1-8H3,(H,46,52)/b23-9+/t29-,30-,31+,33-,34+,35+,36-,38-,43+,44-,45+/m0/s1/i1D3. The van der Waals surface area contributed by atoms with Crippen LogP contribution in [0.1, 0.15) is 94.2 Å². The van der Waals surface area contributed by atoms with E-state index in [0.717, 1.165) is 13.8 Å². The van der Waals surface area contributed by atoms with Gasteiger partial charge in [-0.2, -0.15) is 0 Å². The van der Waals surface area contributed by atoms with Crippen LogP contribution in [0.5, 0.6) is 0 Å². The quantitative estimate of drug-likeness (QED) is 0.117. The number of amides is 1. The van der Waals surface area contributed by atoms with Gasteiger partial charge in [0, 0.05) is 47.4 Å². The van der Waals surface area contributed by atoms with Crippen LogP contribution in [-0.2, 0) is 47.7 Å². The van der Waals surface area contributed by atoms with Crippen molar-refractivity contribution >= 4 is 35.6 Å². The molecule has 0 unspecified atom stereocenters. The first kappa shape index (κ1) is 40.2. The normalized spacial score (nSPS) is 33.9. The number of esters is 4. The van der Waals surface area contributed by atoms with E-state index < -0.39 is 132 Å². The highest BCUT2D eigenvalue weighted by atomic mass is 16.6. The van der Waals surface area contributed by atoms with Crippen molar-refractivity contribution in [1.82, 2.24) is 5.32 Å². The fourth-order valence-corrected chi connectivity index (χ4v) is 9.69. The molecule has 0 spiro atoms. The molecule has 1 amide bonds. The van der Waals surface area contributed by atoms with E-state index >= 15 is 4.79 Å². The first-order valence-electron chi connectivity index (χ1n) is 21.1. The van der Waals surface area contributed by atoms with Crippen LogP contribution < -0.4 is 5.32 Å². The number of aliphatic hydroxyl groups is 3. The number of ketones is 1. The molecule has 4 aliphatic rings. The van der Waals surface area contributed by atoms with Crippen molar-refractivity contribution < 1.29 is 71.9 Å². The SMILES string of the molecule is [2H]C([2H])([2H])/C=C(\C)C(=O)O[C@H]1[C@@H]2[C@]3(OC(C)=O)CO[C@@H]3C[C@H](O)[C@@]2(C)C(=O)[C@H](OC(C)=O)C2=C(C)[C@@H](OC(=O)[C@H](O)[C@@H](NC(=O)c3ccccc3)c3ccccc3)C[C@]1(O)C2(C)C. The van der Waals surface area contributed by atoms with E-state index in [1.54, 1.807) is 48.5 Å². The second kappa shape index (κ2) is 16.3. The molecule has 4 N–H and O–H groups in total. The molecule has 2 aromatic carbocycles. The van der Waals surface area contributed by atoms with Crippen molar-refractivity contribution in [2.24, 2.45) is 16.7 Å². The van der Waals surface area contributed by atoms with Crippen LogP contribution in [0.25, 0.3) is 0 Å². The zero-order chi connectivity index (χ0) is 46.6. The number of rotatable bonds is 10. The molecule has 60 heavy (non-hydrogen) atoms. The number of ether oxygens (including phenoxy) is 5. The van der Waals surface area contributed by atoms with Crippen molar-refractivity contribution in [2.75, 3.05) is 6.61 Å². The van der Waals surface area contributed by atoms with Gasteiger partial charge in [-0.25, -0.2) is 9.59 Å². The lowest BCUT2D eigenvalue weighted by atomic mass is 9.44. The number of fused-ring (bicyclic) bond motifs is 5. The van der Waals surface area contributed by atoms with Gasteiger partial charge in [-0.3, -0.25) is 19.2 Å². The van der Waals surface area contributed by atoms with Gasteiger partial charge in [0.25, 0.3) is 5.91 Å². The van der Waals surface area contributed by atoms with Crippen LogP contribution >= 0.6 is 0 Å². The first-order valence-corrected chi connectivity index (χ1v) is 19.6. The Balaban J connectivity index is 1.54. The van der Waals surface area contributed by atoms with Gasteiger partial charge >= 0.3 is 23.9 Å². The molecule has 2 aromatic rings. The van der Waals surface area contributed by atoms with Crippen molar-refractivity contribution in [1.29, 1.82) is 0 Å². The Morgan fingerprint density at radius 2 is 1.58 bits per heavy atom. The van der Waals surface area contributed by atoms with Crippen LogP contribution in [0.3, 0.4) is 0 Å². The molecule has 3 aliphatic carbocycles. The third kappa shape index (κ3) is 7.24.